The number of piperidine rings is 1. The molecule has 0 radical (unpaired) electrons. The van der Waals surface area contributed by atoms with Crippen LogP contribution in [0.2, 0.25) is 0 Å². The number of rotatable bonds is 4. The Labute approximate surface area is 162 Å². The van der Waals surface area contributed by atoms with E-state index in [-0.39, 0.29) is 29.3 Å². The van der Waals surface area contributed by atoms with Gasteiger partial charge in [0.25, 0.3) is 11.8 Å². The zero-order valence-corrected chi connectivity index (χ0v) is 15.6. The maximum absolute atomic E-state index is 12.8. The molecule has 0 saturated carbocycles. The normalized spacial score (nSPS) is 17.5. The molecule has 0 atom stereocenters. The van der Waals surface area contributed by atoms with Crippen LogP contribution in [-0.2, 0) is 17.9 Å². The molecular formula is C20H23N5O3. The van der Waals surface area contributed by atoms with Crippen molar-refractivity contribution in [3.05, 3.63) is 53.3 Å². The molecule has 0 bridgehead atoms. The number of carbonyl (C=O) groups excluding carboxylic acids is 3. The number of amides is 3. The van der Waals surface area contributed by atoms with Crippen molar-refractivity contribution in [2.75, 3.05) is 19.6 Å². The summed E-state index contributed by atoms with van der Waals surface area (Å²) in [5, 5.41) is 4.36. The lowest BCUT2D eigenvalue weighted by molar-refractivity contribution is -0.123. The van der Waals surface area contributed by atoms with Gasteiger partial charge in [-0.15, -0.1) is 0 Å². The predicted octanol–water partition coefficient (Wildman–Crippen LogP) is 0.877. The first kappa shape index (κ1) is 18.2. The fourth-order valence-corrected chi connectivity index (χ4v) is 3.83. The molecule has 0 spiro atoms. The van der Waals surface area contributed by atoms with Crippen molar-refractivity contribution in [1.82, 2.24) is 19.6 Å². The van der Waals surface area contributed by atoms with Crippen molar-refractivity contribution >= 4 is 17.7 Å². The molecule has 2 aliphatic rings. The van der Waals surface area contributed by atoms with Gasteiger partial charge in [0.05, 0.1) is 6.54 Å². The van der Waals surface area contributed by atoms with E-state index in [1.807, 2.05) is 30.3 Å². The molecule has 0 aliphatic carbocycles. The predicted molar refractivity (Wildman–Crippen MR) is 101 cm³/mol. The summed E-state index contributed by atoms with van der Waals surface area (Å²) in [6.07, 6.45) is 1.14. The molecule has 2 aliphatic heterocycles. The molecule has 3 amide bonds. The maximum Gasteiger partial charge on any atom is 0.274 e. The van der Waals surface area contributed by atoms with Gasteiger partial charge >= 0.3 is 0 Å². The van der Waals surface area contributed by atoms with E-state index in [9.17, 15) is 14.4 Å². The molecule has 8 nitrogen and oxygen atoms in total. The largest absolute Gasteiger partial charge is 0.369 e. The van der Waals surface area contributed by atoms with Crippen molar-refractivity contribution in [2.24, 2.45) is 11.7 Å². The molecule has 4 rings (SSSR count). The molecule has 1 fully saturated rings. The van der Waals surface area contributed by atoms with Crippen LogP contribution in [0.15, 0.2) is 36.4 Å². The number of hydrogen-bond donors (Lipinski definition) is 1. The lowest BCUT2D eigenvalue weighted by Gasteiger charge is -2.29. The van der Waals surface area contributed by atoms with E-state index in [1.165, 1.54) is 0 Å². The van der Waals surface area contributed by atoms with Crippen molar-refractivity contribution in [3.63, 3.8) is 0 Å². The number of hydrogen-bond acceptors (Lipinski definition) is 4. The van der Waals surface area contributed by atoms with Crippen LogP contribution in [0.25, 0.3) is 0 Å². The van der Waals surface area contributed by atoms with Gasteiger partial charge in [0, 0.05) is 38.2 Å². The maximum atomic E-state index is 12.8. The summed E-state index contributed by atoms with van der Waals surface area (Å²) < 4.78 is 1.62. The Morgan fingerprint density at radius 1 is 1.07 bits per heavy atom. The van der Waals surface area contributed by atoms with E-state index in [1.54, 1.807) is 20.5 Å². The van der Waals surface area contributed by atoms with Crippen molar-refractivity contribution < 1.29 is 14.4 Å². The summed E-state index contributed by atoms with van der Waals surface area (Å²) in [6.45, 7) is 2.60. The number of likely N-dealkylation sites (tertiary alicyclic amines) is 1. The SMILES string of the molecule is NC(=O)C1CCN(C(=O)c2cc3n(n2)CCN(Cc2ccccc2)C3=O)CC1. The second-order valence-electron chi connectivity index (χ2n) is 7.32. The number of primary amides is 1. The highest BCUT2D eigenvalue weighted by Crippen LogP contribution is 2.21. The topological polar surface area (TPSA) is 102 Å². The molecule has 146 valence electrons. The van der Waals surface area contributed by atoms with Crippen molar-refractivity contribution in [3.8, 4) is 0 Å². The zero-order chi connectivity index (χ0) is 19.7. The number of benzene rings is 1. The Bertz CT molecular complexity index is 900. The van der Waals surface area contributed by atoms with Crippen LogP contribution < -0.4 is 5.73 Å². The molecule has 3 heterocycles. The van der Waals surface area contributed by atoms with Gasteiger partial charge in [0.2, 0.25) is 5.91 Å². The van der Waals surface area contributed by atoms with E-state index in [0.29, 0.717) is 51.3 Å². The van der Waals surface area contributed by atoms with Crippen molar-refractivity contribution in [2.45, 2.75) is 25.9 Å². The smallest absolute Gasteiger partial charge is 0.274 e. The van der Waals surface area contributed by atoms with E-state index in [2.05, 4.69) is 5.10 Å². The average Bonchev–Trinajstić information content (AvgIpc) is 3.15. The molecule has 1 aromatic carbocycles. The number of carbonyl (C=O) groups is 3. The summed E-state index contributed by atoms with van der Waals surface area (Å²) >= 11 is 0. The molecular weight excluding hydrogens is 358 g/mol. The van der Waals surface area contributed by atoms with E-state index < -0.39 is 0 Å². The van der Waals surface area contributed by atoms with Crippen LogP contribution in [0.3, 0.4) is 0 Å². The third-order valence-electron chi connectivity index (χ3n) is 5.49. The van der Waals surface area contributed by atoms with Gasteiger partial charge in [0.1, 0.15) is 5.69 Å². The van der Waals surface area contributed by atoms with Gasteiger partial charge in [0.15, 0.2) is 5.69 Å². The highest BCUT2D eigenvalue weighted by molar-refractivity contribution is 5.98. The van der Waals surface area contributed by atoms with E-state index in [0.717, 1.165) is 5.56 Å². The lowest BCUT2D eigenvalue weighted by Crippen LogP contribution is -2.41. The minimum atomic E-state index is -0.311. The Morgan fingerprint density at radius 2 is 1.79 bits per heavy atom. The van der Waals surface area contributed by atoms with Crippen LogP contribution in [0.5, 0.6) is 0 Å². The Morgan fingerprint density at radius 3 is 2.46 bits per heavy atom. The molecule has 1 aromatic heterocycles. The lowest BCUT2D eigenvalue weighted by atomic mass is 9.96. The van der Waals surface area contributed by atoms with Gasteiger partial charge < -0.3 is 15.5 Å². The first-order valence-electron chi connectivity index (χ1n) is 9.52. The Hall–Kier alpha value is -3.16. The van der Waals surface area contributed by atoms with Gasteiger partial charge in [-0.1, -0.05) is 30.3 Å². The minimum absolute atomic E-state index is 0.117. The first-order valence-corrected chi connectivity index (χ1v) is 9.52. The molecule has 2 aromatic rings. The van der Waals surface area contributed by atoms with Crippen LogP contribution in [0.1, 0.15) is 39.4 Å². The fraction of sp³-hybridized carbons (Fsp3) is 0.400. The van der Waals surface area contributed by atoms with Crippen molar-refractivity contribution in [1.29, 1.82) is 0 Å². The van der Waals surface area contributed by atoms with E-state index in [4.69, 9.17) is 5.73 Å². The number of aromatic nitrogens is 2. The monoisotopic (exact) mass is 381 g/mol. The van der Waals surface area contributed by atoms with Gasteiger partial charge in [-0.2, -0.15) is 5.10 Å². The standard InChI is InChI=1S/C20H23N5O3/c21-18(26)15-6-8-23(9-7-15)19(27)16-12-17-20(28)24(10-11-25(17)22-16)13-14-4-2-1-3-5-14/h1-5,12,15H,6-11,13H2,(H2,21,26). The third-order valence-corrected chi connectivity index (χ3v) is 5.49. The second-order valence-corrected chi connectivity index (χ2v) is 7.32. The molecule has 28 heavy (non-hydrogen) atoms. The third kappa shape index (κ3) is 3.49. The quantitative estimate of drug-likeness (QED) is 0.849. The number of fused-ring (bicyclic) bond motifs is 1. The van der Waals surface area contributed by atoms with Gasteiger partial charge in [-0.25, -0.2) is 0 Å². The summed E-state index contributed by atoms with van der Waals surface area (Å²) in [6, 6.07) is 11.4. The fourth-order valence-electron chi connectivity index (χ4n) is 3.83. The van der Waals surface area contributed by atoms with Gasteiger partial charge in [-0.05, 0) is 18.4 Å². The molecule has 8 heteroatoms. The average molecular weight is 381 g/mol. The van der Waals surface area contributed by atoms with E-state index >= 15 is 0 Å². The van der Waals surface area contributed by atoms with Gasteiger partial charge in [-0.3, -0.25) is 19.1 Å². The minimum Gasteiger partial charge on any atom is -0.369 e. The Kier molecular flexibility index (Phi) is 4.85. The van der Waals surface area contributed by atoms with Crippen LogP contribution >= 0.6 is 0 Å². The zero-order valence-electron chi connectivity index (χ0n) is 15.6. The van der Waals surface area contributed by atoms with Crippen LogP contribution in [0.4, 0.5) is 0 Å². The Balaban J connectivity index is 1.45. The summed E-state index contributed by atoms with van der Waals surface area (Å²) in [7, 11) is 0. The molecule has 0 unspecified atom stereocenters. The first-order chi connectivity index (χ1) is 13.5. The second kappa shape index (κ2) is 7.46. The molecule has 1 saturated heterocycles. The highest BCUT2D eigenvalue weighted by atomic mass is 16.2. The molecule has 2 N–H and O–H groups in total. The summed E-state index contributed by atoms with van der Waals surface area (Å²) in [5.74, 6) is -0.803. The number of nitrogens with zero attached hydrogens (tertiary/aromatic N) is 4. The summed E-state index contributed by atoms with van der Waals surface area (Å²) in [4.78, 5) is 40.4. The highest BCUT2D eigenvalue weighted by Gasteiger charge is 2.31. The van der Waals surface area contributed by atoms with Crippen LogP contribution in [0, 0.1) is 5.92 Å². The van der Waals surface area contributed by atoms with Crippen LogP contribution in [-0.4, -0.2) is 56.9 Å². The number of nitrogens with two attached hydrogens (primary N) is 1. The summed E-state index contributed by atoms with van der Waals surface area (Å²) in [5.41, 5.74) is 7.14.